The summed E-state index contributed by atoms with van der Waals surface area (Å²) in [5, 5.41) is 27.0. The second kappa shape index (κ2) is 40.8. The highest BCUT2D eigenvalue weighted by atomic mass is 16.8. The number of esters is 2. The Labute approximate surface area is 401 Å². The van der Waals surface area contributed by atoms with Gasteiger partial charge in [0, 0.05) is 32.1 Å². The zero-order valence-electron chi connectivity index (χ0n) is 42.8. The van der Waals surface area contributed by atoms with Gasteiger partial charge in [-0.25, -0.2) is 4.98 Å². The van der Waals surface area contributed by atoms with E-state index >= 15 is 0 Å². The molecule has 4 N–H and O–H groups in total. The number of carbonyl (C=O) groups is 4. The van der Waals surface area contributed by atoms with Gasteiger partial charge in [-0.1, -0.05) is 227 Å². The first kappa shape index (κ1) is 60.8. The number of anilines is 2. The zero-order valence-corrected chi connectivity index (χ0v) is 42.8. The zero-order chi connectivity index (χ0) is 48.5. The summed E-state index contributed by atoms with van der Waals surface area (Å²) in [4.78, 5) is 57.8. The number of ether oxygens (including phenoxy) is 3. The lowest BCUT2D eigenvalue weighted by atomic mass is 10.0. The number of unbranched alkanes of at least 4 members (excludes halogenated alkanes) is 30. The molecule has 66 heavy (non-hydrogen) atoms. The summed E-state index contributed by atoms with van der Waals surface area (Å²) < 4.78 is 17.4. The second-order valence-corrected chi connectivity index (χ2v) is 18.6. The van der Waals surface area contributed by atoms with E-state index in [-0.39, 0.29) is 43.7 Å². The van der Waals surface area contributed by atoms with Crippen molar-refractivity contribution in [2.24, 2.45) is 0 Å². The van der Waals surface area contributed by atoms with Crippen molar-refractivity contribution in [3.05, 3.63) is 0 Å². The topological polar surface area (TPSA) is 173 Å². The number of nitrogens with zero attached hydrogens (tertiary/aromatic N) is 1. The minimum Gasteiger partial charge on any atom is -0.431 e. The number of hydrogen-bond donors (Lipinski definition) is 4. The quantitative estimate of drug-likeness (QED) is 0.0280. The molecular weight excluding hydrogens is 835 g/mol. The molecular formula is C54H97N3O9. The number of aromatic nitrogens is 1. The monoisotopic (exact) mass is 932 g/mol. The van der Waals surface area contributed by atoms with Crippen LogP contribution in [0.15, 0.2) is 0 Å². The van der Waals surface area contributed by atoms with E-state index in [1.54, 1.807) is 0 Å². The largest absolute Gasteiger partial charge is 0.431 e. The van der Waals surface area contributed by atoms with Crippen LogP contribution in [0.3, 0.4) is 0 Å². The van der Waals surface area contributed by atoms with Crippen LogP contribution in [-0.4, -0.2) is 44.9 Å². The van der Waals surface area contributed by atoms with Gasteiger partial charge >= 0.3 is 17.9 Å². The Balaban J connectivity index is 3.07. The van der Waals surface area contributed by atoms with Gasteiger partial charge in [-0.2, -0.15) is 0 Å². The van der Waals surface area contributed by atoms with Gasteiger partial charge in [-0.05, 0) is 25.7 Å². The average Bonchev–Trinajstić information content (AvgIpc) is 3.29. The first-order valence-corrected chi connectivity index (χ1v) is 27.2. The highest BCUT2D eigenvalue weighted by Gasteiger charge is 2.34. The molecule has 0 bridgehead atoms. The van der Waals surface area contributed by atoms with Gasteiger partial charge < -0.3 is 35.1 Å². The maximum atomic E-state index is 13.5. The van der Waals surface area contributed by atoms with Crippen LogP contribution in [-0.2, 0) is 19.2 Å². The van der Waals surface area contributed by atoms with E-state index in [2.05, 4.69) is 29.5 Å². The maximum Gasteiger partial charge on any atom is 0.321 e. The Morgan fingerprint density at radius 2 is 0.667 bits per heavy atom. The van der Waals surface area contributed by atoms with E-state index in [0.717, 1.165) is 64.2 Å². The van der Waals surface area contributed by atoms with Gasteiger partial charge in [0.1, 0.15) is 0 Å². The smallest absolute Gasteiger partial charge is 0.321 e. The van der Waals surface area contributed by atoms with Crippen LogP contribution < -0.4 is 24.8 Å². The van der Waals surface area contributed by atoms with E-state index in [0.29, 0.717) is 25.7 Å². The van der Waals surface area contributed by atoms with Crippen LogP contribution in [0, 0.1) is 0 Å². The molecule has 0 aromatic carbocycles. The molecule has 0 fully saturated rings. The molecule has 0 aliphatic rings. The summed E-state index contributed by atoms with van der Waals surface area (Å²) in [5.74, 6) is -6.98. The Bertz CT molecular complexity index is 1330. The molecule has 1 rings (SSSR count). The number of nitrogens with one attached hydrogen (secondary N) is 2. The predicted octanol–water partition coefficient (Wildman–Crippen LogP) is 15.1. The van der Waals surface area contributed by atoms with Crippen LogP contribution in [0.1, 0.15) is 285 Å². The van der Waals surface area contributed by atoms with Gasteiger partial charge in [0.2, 0.25) is 29.1 Å². The lowest BCUT2D eigenvalue weighted by Gasteiger charge is -2.26. The van der Waals surface area contributed by atoms with Crippen LogP contribution in [0.2, 0.25) is 0 Å². The van der Waals surface area contributed by atoms with Gasteiger partial charge in [0.05, 0.1) is 0 Å². The van der Waals surface area contributed by atoms with E-state index < -0.39 is 47.0 Å². The minimum atomic E-state index is -2.81. The number of aliphatic hydroxyl groups is 2. The molecule has 0 saturated heterocycles. The molecule has 1 aromatic rings. The van der Waals surface area contributed by atoms with E-state index in [4.69, 9.17) is 14.2 Å². The molecule has 0 radical (unpaired) electrons. The van der Waals surface area contributed by atoms with E-state index in [9.17, 15) is 29.4 Å². The van der Waals surface area contributed by atoms with Crippen molar-refractivity contribution >= 4 is 35.4 Å². The number of amides is 2. The fourth-order valence-electron chi connectivity index (χ4n) is 7.89. The fourth-order valence-corrected chi connectivity index (χ4v) is 7.89. The molecule has 12 heteroatoms. The molecule has 0 aliphatic heterocycles. The number of rotatable bonds is 45. The lowest BCUT2D eigenvalue weighted by molar-refractivity contribution is -0.293. The minimum absolute atomic E-state index is 0.0436. The van der Waals surface area contributed by atoms with Crippen molar-refractivity contribution < 1.29 is 43.6 Å². The van der Waals surface area contributed by atoms with Crippen molar-refractivity contribution in [1.82, 2.24) is 4.98 Å². The summed E-state index contributed by atoms with van der Waals surface area (Å²) in [6, 6.07) is 0. The third-order valence-electron chi connectivity index (χ3n) is 12.2. The van der Waals surface area contributed by atoms with Crippen LogP contribution in [0.25, 0.3) is 0 Å². The molecule has 0 saturated carbocycles. The van der Waals surface area contributed by atoms with E-state index in [1.807, 2.05) is 13.8 Å². The highest BCUT2D eigenvalue weighted by molar-refractivity contribution is 5.97. The van der Waals surface area contributed by atoms with Crippen LogP contribution in [0.4, 0.5) is 11.6 Å². The Morgan fingerprint density at radius 1 is 0.394 bits per heavy atom. The number of carbonyl (C=O) groups excluding carboxylic acids is 4. The Kier molecular flexibility index (Phi) is 37.6. The summed E-state index contributed by atoms with van der Waals surface area (Å²) in [6.45, 7) is 9.86. The summed E-state index contributed by atoms with van der Waals surface area (Å²) in [6.07, 6.45) is 38.2. The third kappa shape index (κ3) is 31.7. The number of pyridine rings is 1. The molecule has 0 aliphatic carbocycles. The van der Waals surface area contributed by atoms with Crippen molar-refractivity contribution in [3.63, 3.8) is 0 Å². The summed E-state index contributed by atoms with van der Waals surface area (Å²) >= 11 is 0. The first-order chi connectivity index (χ1) is 32.0. The fraction of sp³-hybridized carbons (Fsp3) is 0.833. The Morgan fingerprint density at radius 3 is 0.939 bits per heavy atom. The molecule has 12 nitrogen and oxygen atoms in total. The maximum absolute atomic E-state index is 13.5. The van der Waals surface area contributed by atoms with Crippen molar-refractivity contribution in [2.45, 2.75) is 291 Å². The van der Waals surface area contributed by atoms with Crippen molar-refractivity contribution in [1.29, 1.82) is 0 Å². The number of hydrogen-bond acceptors (Lipinski definition) is 10. The molecule has 0 atom stereocenters. The van der Waals surface area contributed by atoms with Crippen molar-refractivity contribution in [2.75, 3.05) is 10.6 Å². The van der Waals surface area contributed by atoms with Crippen LogP contribution in [0.5, 0.6) is 17.2 Å². The molecule has 1 heterocycles. The van der Waals surface area contributed by atoms with Crippen molar-refractivity contribution in [3.8, 4) is 17.2 Å². The SMILES string of the molecule is CCCCCCCCCCCCCCCCCC(=O)Oc1c(NC(=O)CCCC)nc(NC(=O)CCCC)c(OC(=O)CCCCCCCCCCCCCCCCC)c1OC(O)(O)CC. The standard InChI is InChI=1S/C54H97N3O9/c1-6-11-15-17-19-21-23-25-27-29-31-33-35-37-39-43-47(60)64-50-49(66-54(62,63)10-5)51(53(56-46(59)42-14-9-4)57-52(50)55-45(58)41-13-8-3)65-48(61)44-40-38-36-34-32-30-28-26-24-22-20-18-16-12-7-2/h62-63H,6-44H2,1-5H3,(H2,55,56,57,58,59). The van der Waals surface area contributed by atoms with Gasteiger partial charge in [0.25, 0.3) is 0 Å². The van der Waals surface area contributed by atoms with Crippen LogP contribution >= 0.6 is 0 Å². The van der Waals surface area contributed by atoms with Gasteiger partial charge in [0.15, 0.2) is 11.6 Å². The average molecular weight is 932 g/mol. The molecule has 0 unspecified atom stereocenters. The lowest BCUT2D eigenvalue weighted by Crippen LogP contribution is -2.35. The third-order valence-corrected chi connectivity index (χ3v) is 12.2. The van der Waals surface area contributed by atoms with Gasteiger partial charge in [-0.3, -0.25) is 19.2 Å². The second-order valence-electron chi connectivity index (χ2n) is 18.6. The molecule has 1 aromatic heterocycles. The molecule has 2 amide bonds. The van der Waals surface area contributed by atoms with Gasteiger partial charge in [-0.15, -0.1) is 0 Å². The Hall–Kier alpha value is -3.25. The molecule has 382 valence electrons. The summed E-state index contributed by atoms with van der Waals surface area (Å²) in [5.41, 5.74) is 0. The first-order valence-electron chi connectivity index (χ1n) is 27.2. The highest BCUT2D eigenvalue weighted by Crippen LogP contribution is 2.48. The predicted molar refractivity (Wildman–Crippen MR) is 269 cm³/mol. The van der Waals surface area contributed by atoms with E-state index in [1.165, 1.54) is 135 Å². The molecule has 0 spiro atoms. The normalized spacial score (nSPS) is 11.4. The summed E-state index contributed by atoms with van der Waals surface area (Å²) in [7, 11) is 0.